The van der Waals surface area contributed by atoms with Crippen LogP contribution >= 0.6 is 11.8 Å². The van der Waals surface area contributed by atoms with Crippen molar-refractivity contribution in [1.29, 1.82) is 0 Å². The lowest BCUT2D eigenvalue weighted by atomic mass is 10.2. The molecule has 0 unspecified atom stereocenters. The molecule has 0 saturated carbocycles. The Morgan fingerprint density at radius 3 is 3.05 bits per heavy atom. The Bertz CT molecular complexity index is 649. The first-order valence-electron chi connectivity index (χ1n) is 6.33. The molecule has 2 rings (SSSR count). The Morgan fingerprint density at radius 2 is 2.33 bits per heavy atom. The number of aromatic amines is 1. The first-order chi connectivity index (χ1) is 10.1. The lowest BCUT2D eigenvalue weighted by Crippen LogP contribution is -2.15. The van der Waals surface area contributed by atoms with E-state index in [2.05, 4.69) is 16.5 Å². The molecule has 1 aromatic rings. The molecule has 1 aromatic heterocycles. The van der Waals surface area contributed by atoms with Crippen molar-refractivity contribution in [3.63, 3.8) is 0 Å². The van der Waals surface area contributed by atoms with E-state index >= 15 is 0 Å². The molecule has 0 spiro atoms. The fourth-order valence-corrected chi connectivity index (χ4v) is 2.38. The summed E-state index contributed by atoms with van der Waals surface area (Å²) in [4.78, 5) is 17.7. The van der Waals surface area contributed by atoms with Crippen LogP contribution in [0.1, 0.15) is 6.92 Å². The van der Waals surface area contributed by atoms with Gasteiger partial charge in [-0.15, -0.1) is 0 Å². The van der Waals surface area contributed by atoms with Crippen molar-refractivity contribution in [2.75, 3.05) is 19.0 Å². The van der Waals surface area contributed by atoms with Gasteiger partial charge in [-0.1, -0.05) is 24.4 Å². The summed E-state index contributed by atoms with van der Waals surface area (Å²) >= 11 is 1.29. The minimum atomic E-state index is -0.566. The lowest BCUT2D eigenvalue weighted by molar-refractivity contribution is 0.0746. The molecule has 0 aromatic carbocycles. The summed E-state index contributed by atoms with van der Waals surface area (Å²) in [7, 11) is 0. The predicted octanol–water partition coefficient (Wildman–Crippen LogP) is 1.96. The second-order valence-electron chi connectivity index (χ2n) is 4.19. The quantitative estimate of drug-likeness (QED) is 0.639. The summed E-state index contributed by atoms with van der Waals surface area (Å²) in [5.41, 5.74) is 0.174. The number of aromatic hydroxyl groups is 1. The Hall–Kier alpha value is -2.15. The van der Waals surface area contributed by atoms with Gasteiger partial charge in [-0.2, -0.15) is 0 Å². The zero-order valence-electron chi connectivity index (χ0n) is 11.6. The molecule has 1 aliphatic heterocycles. The Morgan fingerprint density at radius 1 is 1.57 bits per heavy atom. The highest BCUT2D eigenvalue weighted by molar-refractivity contribution is 7.99. The fourth-order valence-electron chi connectivity index (χ4n) is 1.65. The normalized spacial score (nSPS) is 14.9. The van der Waals surface area contributed by atoms with Crippen LogP contribution in [0.25, 0.3) is 0 Å². The molecule has 0 atom stereocenters. The van der Waals surface area contributed by atoms with Crippen molar-refractivity contribution in [3.8, 4) is 5.75 Å². The summed E-state index contributed by atoms with van der Waals surface area (Å²) < 4.78 is 11.1. The van der Waals surface area contributed by atoms with Gasteiger partial charge in [0.25, 0.3) is 5.56 Å². The number of ether oxygens (including phenoxy) is 2. The maximum atomic E-state index is 11.3. The fraction of sp³-hybridized carbons (Fsp3) is 0.286. The van der Waals surface area contributed by atoms with Crippen molar-refractivity contribution in [2.24, 2.45) is 0 Å². The van der Waals surface area contributed by atoms with Gasteiger partial charge in [-0.3, -0.25) is 9.78 Å². The third-order valence-electron chi connectivity index (χ3n) is 2.59. The first kappa shape index (κ1) is 15.2. The summed E-state index contributed by atoms with van der Waals surface area (Å²) in [6.45, 7) is 6.86. The van der Waals surface area contributed by atoms with Crippen LogP contribution in [0.2, 0.25) is 0 Å². The van der Waals surface area contributed by atoms with E-state index in [0.717, 1.165) is 11.8 Å². The zero-order chi connectivity index (χ0) is 15.2. The highest BCUT2D eigenvalue weighted by Crippen LogP contribution is 2.25. The number of rotatable bonds is 5. The number of thioether (sulfide) groups is 1. The third kappa shape index (κ3) is 3.91. The highest BCUT2D eigenvalue weighted by atomic mass is 32.2. The summed E-state index contributed by atoms with van der Waals surface area (Å²) in [6, 6.07) is 0. The second-order valence-corrected chi connectivity index (χ2v) is 5.15. The van der Waals surface area contributed by atoms with Crippen LogP contribution in [-0.4, -0.2) is 34.0 Å². The molecule has 0 radical (unpaired) electrons. The average Bonchev–Trinajstić information content (AvgIpc) is 2.49. The third-order valence-corrected chi connectivity index (χ3v) is 3.56. The smallest absolute Gasteiger partial charge is 0.293 e. The molecule has 7 heteroatoms. The van der Waals surface area contributed by atoms with Crippen LogP contribution in [0.3, 0.4) is 0 Å². The zero-order valence-corrected chi connectivity index (χ0v) is 12.4. The van der Waals surface area contributed by atoms with Crippen molar-refractivity contribution >= 4 is 11.8 Å². The molecule has 21 heavy (non-hydrogen) atoms. The van der Waals surface area contributed by atoms with Crippen molar-refractivity contribution in [3.05, 3.63) is 52.4 Å². The highest BCUT2D eigenvalue weighted by Gasteiger charge is 2.16. The number of hydrogen-bond donors (Lipinski definition) is 2. The average molecular weight is 308 g/mol. The maximum Gasteiger partial charge on any atom is 0.293 e. The second kappa shape index (κ2) is 7.03. The topological polar surface area (TPSA) is 84.4 Å². The molecule has 1 aliphatic rings. The van der Waals surface area contributed by atoms with Gasteiger partial charge in [-0.25, -0.2) is 4.98 Å². The van der Waals surface area contributed by atoms with Gasteiger partial charge in [0.1, 0.15) is 13.2 Å². The first-order valence-corrected chi connectivity index (χ1v) is 7.32. The van der Waals surface area contributed by atoms with E-state index in [4.69, 9.17) is 14.6 Å². The molecule has 112 valence electrons. The van der Waals surface area contributed by atoms with Crippen LogP contribution < -0.4 is 5.56 Å². The van der Waals surface area contributed by atoms with Crippen molar-refractivity contribution < 1.29 is 14.6 Å². The largest absolute Gasteiger partial charge is 0.502 e. The molecule has 0 bridgehead atoms. The van der Waals surface area contributed by atoms with E-state index in [0.29, 0.717) is 35.6 Å². The number of nitrogens with one attached hydrogen (secondary N) is 1. The SMILES string of the molecule is C=C(CSc1ncc(O)c(=O)[nH]1)C1=C(C=CC)OCCO1. The van der Waals surface area contributed by atoms with Gasteiger partial charge in [0.15, 0.2) is 22.4 Å². The maximum absolute atomic E-state index is 11.3. The van der Waals surface area contributed by atoms with Crippen molar-refractivity contribution in [2.45, 2.75) is 12.1 Å². The summed E-state index contributed by atoms with van der Waals surface area (Å²) in [6.07, 6.45) is 4.81. The monoisotopic (exact) mass is 308 g/mol. The van der Waals surface area contributed by atoms with E-state index in [1.54, 1.807) is 0 Å². The van der Waals surface area contributed by atoms with E-state index in [1.807, 2.05) is 19.1 Å². The molecule has 2 heterocycles. The van der Waals surface area contributed by atoms with Gasteiger partial charge < -0.3 is 14.6 Å². The standard InChI is InChI=1S/C14H16N2O4S/c1-3-4-11-12(20-6-5-19-11)9(2)8-21-14-15-7-10(17)13(18)16-14/h3-4,7,17H,2,5-6,8H2,1H3,(H,15,16,18). The molecule has 0 saturated heterocycles. The lowest BCUT2D eigenvalue weighted by Gasteiger charge is -2.21. The Kier molecular flexibility index (Phi) is 5.10. The van der Waals surface area contributed by atoms with Crippen LogP contribution in [-0.2, 0) is 9.47 Å². The molecule has 6 nitrogen and oxygen atoms in total. The van der Waals surface area contributed by atoms with E-state index < -0.39 is 11.3 Å². The number of nitrogens with zero attached hydrogens (tertiary/aromatic N) is 1. The van der Waals surface area contributed by atoms with Crippen LogP contribution in [0.5, 0.6) is 5.75 Å². The minimum Gasteiger partial charge on any atom is -0.502 e. The molecule has 0 amide bonds. The van der Waals surface area contributed by atoms with E-state index in [9.17, 15) is 4.79 Å². The minimum absolute atomic E-state index is 0.403. The molecule has 0 aliphatic carbocycles. The van der Waals surface area contributed by atoms with Crippen LogP contribution in [0, 0.1) is 0 Å². The number of H-pyrrole nitrogens is 1. The molecule has 2 N–H and O–H groups in total. The Balaban J connectivity index is 2.06. The molecular formula is C14H16N2O4S. The summed E-state index contributed by atoms with van der Waals surface area (Å²) in [5, 5.41) is 9.54. The summed E-state index contributed by atoms with van der Waals surface area (Å²) in [5.74, 6) is 1.35. The number of aromatic nitrogens is 2. The number of hydrogen-bond acceptors (Lipinski definition) is 6. The Labute approximate surface area is 126 Å². The van der Waals surface area contributed by atoms with Crippen LogP contribution in [0.15, 0.2) is 52.0 Å². The van der Waals surface area contributed by atoms with E-state index in [-0.39, 0.29) is 0 Å². The van der Waals surface area contributed by atoms with E-state index in [1.165, 1.54) is 11.8 Å². The van der Waals surface area contributed by atoms with Gasteiger partial charge in [-0.05, 0) is 13.0 Å². The van der Waals surface area contributed by atoms with Gasteiger partial charge >= 0.3 is 0 Å². The predicted molar refractivity (Wildman–Crippen MR) is 80.1 cm³/mol. The van der Waals surface area contributed by atoms with Crippen LogP contribution in [0.4, 0.5) is 0 Å². The van der Waals surface area contributed by atoms with Gasteiger partial charge in [0.2, 0.25) is 0 Å². The number of allylic oxidation sites excluding steroid dienone is 3. The van der Waals surface area contributed by atoms with Gasteiger partial charge in [0.05, 0.1) is 6.20 Å². The van der Waals surface area contributed by atoms with Crippen molar-refractivity contribution in [1.82, 2.24) is 9.97 Å². The molecular weight excluding hydrogens is 292 g/mol. The molecule has 0 fully saturated rings. The van der Waals surface area contributed by atoms with Gasteiger partial charge in [0, 0.05) is 11.3 Å².